The third-order valence-corrected chi connectivity index (χ3v) is 11.1. The molecular formula is C37H59ClN2O10. The summed E-state index contributed by atoms with van der Waals surface area (Å²) in [5, 5.41) is 39.9. The van der Waals surface area contributed by atoms with Crippen LogP contribution in [0.5, 0.6) is 0 Å². The third kappa shape index (κ3) is 9.43. The maximum Gasteiger partial charge on any atom is 0.316 e. The fourth-order valence-corrected chi connectivity index (χ4v) is 7.60. The van der Waals surface area contributed by atoms with Crippen molar-refractivity contribution in [2.24, 2.45) is 28.8 Å². The standard InChI is InChI=1S/C37H59ClN2O10/c1-12-28-37(8,45)32(43)22(4)29(39-47-19-25-15-13-14-16-26(25)38)20(2)18-36(7,46-11)33(23(5)30(41)24(6)34(44)49-28)50-35-31(42)27(40(9)10)17-21(3)48-35/h13-16,20-24,27-28,31-33,35,42-43,45H,12,17-19H2,1-11H3/b39-29-/t20-,21-,22+,23+,24-,27+,28-,31-,32-,33-,35+,36-,37-/m1/s1. The second-order valence-electron chi connectivity index (χ2n) is 14.8. The van der Waals surface area contributed by atoms with E-state index in [0.29, 0.717) is 22.7 Å². The lowest BCUT2D eigenvalue weighted by molar-refractivity contribution is -0.295. The van der Waals surface area contributed by atoms with E-state index in [0.717, 1.165) is 0 Å². The molecule has 0 unspecified atom stereocenters. The van der Waals surface area contributed by atoms with Crippen LogP contribution in [0.1, 0.15) is 80.2 Å². The van der Waals surface area contributed by atoms with Gasteiger partial charge in [-0.1, -0.05) is 62.7 Å². The predicted octanol–water partition coefficient (Wildman–Crippen LogP) is 4.38. The van der Waals surface area contributed by atoms with Crippen molar-refractivity contribution in [3.05, 3.63) is 34.9 Å². The van der Waals surface area contributed by atoms with Gasteiger partial charge in [0.1, 0.15) is 30.3 Å². The van der Waals surface area contributed by atoms with Crippen LogP contribution < -0.4 is 0 Å². The number of ketones is 1. The van der Waals surface area contributed by atoms with E-state index in [1.807, 2.05) is 51.0 Å². The zero-order valence-corrected chi connectivity index (χ0v) is 32.2. The molecule has 1 aromatic carbocycles. The van der Waals surface area contributed by atoms with Crippen molar-refractivity contribution >= 4 is 29.1 Å². The van der Waals surface area contributed by atoms with Gasteiger partial charge in [-0.3, -0.25) is 9.59 Å². The van der Waals surface area contributed by atoms with Crippen molar-refractivity contribution in [3.8, 4) is 0 Å². The highest BCUT2D eigenvalue weighted by Gasteiger charge is 2.51. The first kappa shape index (κ1) is 42.3. The first-order valence-corrected chi connectivity index (χ1v) is 18.0. The van der Waals surface area contributed by atoms with Crippen molar-refractivity contribution in [2.75, 3.05) is 21.2 Å². The number of carbonyl (C=O) groups is 2. The number of hydrogen-bond acceptors (Lipinski definition) is 12. The zero-order valence-electron chi connectivity index (χ0n) is 31.5. The molecule has 284 valence electrons. The minimum Gasteiger partial charge on any atom is -0.459 e. The van der Waals surface area contributed by atoms with E-state index in [-0.39, 0.29) is 31.6 Å². The van der Waals surface area contributed by atoms with Crippen LogP contribution in [0.3, 0.4) is 0 Å². The fourth-order valence-electron chi connectivity index (χ4n) is 7.41. The summed E-state index contributed by atoms with van der Waals surface area (Å²) in [7, 11) is 5.25. The van der Waals surface area contributed by atoms with Gasteiger partial charge >= 0.3 is 5.97 Å². The van der Waals surface area contributed by atoms with Crippen molar-refractivity contribution in [2.45, 2.75) is 135 Å². The van der Waals surface area contributed by atoms with Crippen molar-refractivity contribution in [1.29, 1.82) is 0 Å². The Bertz CT molecular complexity index is 1330. The van der Waals surface area contributed by atoms with Gasteiger partial charge in [0.15, 0.2) is 12.1 Å². The highest BCUT2D eigenvalue weighted by atomic mass is 35.5. The van der Waals surface area contributed by atoms with Gasteiger partial charge in [0.2, 0.25) is 0 Å². The SMILES string of the molecule is CC[C@H]1OC(=O)[C@H](C)C(=O)[C@H](C)[C@@H](O[C@@H]2O[C@H](C)C[C@H](N(C)C)[C@H]2O)[C@](C)(OC)C[C@@H](C)/C(=N/OCc2ccccc2Cl)[C@H](C)[C@@H](O)[C@]1(C)O. The second-order valence-corrected chi connectivity index (χ2v) is 15.2. The highest BCUT2D eigenvalue weighted by Crippen LogP contribution is 2.38. The molecule has 0 spiro atoms. The molecule has 0 radical (unpaired) electrons. The average Bonchev–Trinajstić information content (AvgIpc) is 3.07. The quantitative estimate of drug-likeness (QED) is 0.199. The number of benzene rings is 1. The number of rotatable bonds is 8. The summed E-state index contributed by atoms with van der Waals surface area (Å²) >= 11 is 6.36. The van der Waals surface area contributed by atoms with Crippen molar-refractivity contribution in [3.63, 3.8) is 0 Å². The fraction of sp³-hybridized carbons (Fsp3) is 0.757. The summed E-state index contributed by atoms with van der Waals surface area (Å²) in [6.07, 6.45) is -5.10. The van der Waals surface area contributed by atoms with Crippen LogP contribution >= 0.6 is 11.6 Å². The van der Waals surface area contributed by atoms with Gasteiger partial charge in [-0.2, -0.15) is 0 Å². The Morgan fingerprint density at radius 2 is 1.70 bits per heavy atom. The topological polar surface area (TPSA) is 157 Å². The third-order valence-electron chi connectivity index (χ3n) is 10.7. The highest BCUT2D eigenvalue weighted by molar-refractivity contribution is 6.31. The molecule has 3 N–H and O–H groups in total. The monoisotopic (exact) mass is 726 g/mol. The molecule has 1 aromatic rings. The van der Waals surface area contributed by atoms with Crippen LogP contribution in [0.4, 0.5) is 0 Å². The molecule has 0 amide bonds. The van der Waals surface area contributed by atoms with Gasteiger partial charge in [0.25, 0.3) is 0 Å². The summed E-state index contributed by atoms with van der Waals surface area (Å²) in [5.41, 5.74) is -2.05. The minimum atomic E-state index is -1.92. The summed E-state index contributed by atoms with van der Waals surface area (Å²) in [6, 6.07) is 6.93. The molecule has 2 aliphatic rings. The number of methoxy groups -OCH3 is 1. The Balaban J connectivity index is 2.15. The van der Waals surface area contributed by atoms with E-state index in [4.69, 9.17) is 35.4 Å². The Morgan fingerprint density at radius 1 is 1.06 bits per heavy atom. The molecule has 0 aliphatic carbocycles. The van der Waals surface area contributed by atoms with Gasteiger partial charge in [-0.25, -0.2) is 0 Å². The summed E-state index contributed by atoms with van der Waals surface area (Å²) in [5.74, 6) is -4.78. The number of cyclic esters (lactones) is 1. The van der Waals surface area contributed by atoms with Crippen LogP contribution in [-0.4, -0.2) is 113 Å². The molecule has 0 bridgehead atoms. The van der Waals surface area contributed by atoms with Crippen LogP contribution in [0.25, 0.3) is 0 Å². The van der Waals surface area contributed by atoms with Crippen molar-refractivity contribution < 1.29 is 48.7 Å². The van der Waals surface area contributed by atoms with E-state index in [9.17, 15) is 24.9 Å². The Hall–Kier alpha value is -2.16. The lowest BCUT2D eigenvalue weighted by Crippen LogP contribution is -2.60. The molecule has 0 aromatic heterocycles. The molecule has 2 saturated heterocycles. The van der Waals surface area contributed by atoms with Gasteiger partial charge in [-0.05, 0) is 67.1 Å². The van der Waals surface area contributed by atoms with E-state index in [1.54, 1.807) is 33.8 Å². The maximum absolute atomic E-state index is 14.1. The maximum atomic E-state index is 14.1. The van der Waals surface area contributed by atoms with Gasteiger partial charge in [-0.15, -0.1) is 0 Å². The number of oxime groups is 1. The van der Waals surface area contributed by atoms with Crippen LogP contribution in [0, 0.1) is 23.7 Å². The van der Waals surface area contributed by atoms with Gasteiger partial charge in [0, 0.05) is 41.5 Å². The Kier molecular flexibility index (Phi) is 14.9. The minimum absolute atomic E-state index is 0.0448. The normalized spacial score (nSPS) is 40.4. The molecule has 13 atom stereocenters. The summed E-state index contributed by atoms with van der Waals surface area (Å²) in [4.78, 5) is 35.4. The van der Waals surface area contributed by atoms with Crippen LogP contribution in [-0.2, 0) is 40.0 Å². The lowest BCUT2D eigenvalue weighted by Gasteiger charge is -2.47. The Labute approximate surface area is 302 Å². The number of Topliss-reactive ketones (excluding diaryl/α,β-unsaturated/α-hetero) is 1. The number of esters is 1. The van der Waals surface area contributed by atoms with Gasteiger partial charge < -0.3 is 44.0 Å². The smallest absolute Gasteiger partial charge is 0.316 e. The van der Waals surface area contributed by atoms with Crippen LogP contribution in [0.15, 0.2) is 29.4 Å². The number of likely N-dealkylation sites (N-methyl/N-ethyl adjacent to an activating group) is 1. The number of hydrogen-bond donors (Lipinski definition) is 3. The number of carbonyl (C=O) groups excluding carboxylic acids is 2. The molecule has 2 aliphatic heterocycles. The average molecular weight is 727 g/mol. The van der Waals surface area contributed by atoms with E-state index in [2.05, 4.69) is 5.16 Å². The molecule has 3 rings (SSSR count). The van der Waals surface area contributed by atoms with E-state index >= 15 is 0 Å². The number of nitrogens with zero attached hydrogens (tertiary/aromatic N) is 2. The molecule has 12 nitrogen and oxygen atoms in total. The molecule has 50 heavy (non-hydrogen) atoms. The zero-order chi connectivity index (χ0) is 37.7. The number of halogens is 1. The molecule has 2 fully saturated rings. The van der Waals surface area contributed by atoms with Crippen LogP contribution in [0.2, 0.25) is 5.02 Å². The second kappa shape index (κ2) is 17.6. The Morgan fingerprint density at radius 3 is 2.28 bits per heavy atom. The molecule has 13 heteroatoms. The summed E-state index contributed by atoms with van der Waals surface area (Å²) in [6.45, 7) is 13.6. The number of aliphatic hydroxyl groups is 3. The molecule has 0 saturated carbocycles. The predicted molar refractivity (Wildman–Crippen MR) is 189 cm³/mol. The van der Waals surface area contributed by atoms with Crippen molar-refractivity contribution in [1.82, 2.24) is 4.90 Å². The molecule has 2 heterocycles. The largest absolute Gasteiger partial charge is 0.459 e. The number of ether oxygens (including phenoxy) is 4. The first-order valence-electron chi connectivity index (χ1n) is 17.6. The van der Waals surface area contributed by atoms with E-state index < -0.39 is 77.3 Å². The summed E-state index contributed by atoms with van der Waals surface area (Å²) < 4.78 is 24.7. The number of aliphatic hydroxyl groups excluding tert-OH is 2. The van der Waals surface area contributed by atoms with E-state index in [1.165, 1.54) is 21.0 Å². The lowest BCUT2D eigenvalue weighted by atomic mass is 9.74. The first-order chi connectivity index (χ1) is 23.3. The molecular weight excluding hydrogens is 668 g/mol. The van der Waals surface area contributed by atoms with Gasteiger partial charge in [0.05, 0.1) is 29.6 Å².